The third-order valence-electron chi connectivity index (χ3n) is 3.30. The number of hydrogen-bond acceptors (Lipinski definition) is 7. The highest BCUT2D eigenvalue weighted by molar-refractivity contribution is 7.89. The standard InChI is InChI=1S/C14H17N3O4S2/c15-14-17-10(9-22-14)2-1-5-16-23(18,19)11-3-4-12-13(8-11)21-7-6-20-12/h3-4,8-9,16H,1-2,5-7H2,(H2,15,17). The second kappa shape index (κ2) is 6.73. The van der Waals surface area contributed by atoms with Crippen molar-refractivity contribution < 1.29 is 17.9 Å². The number of anilines is 1. The van der Waals surface area contributed by atoms with Crippen molar-refractivity contribution in [3.05, 3.63) is 29.3 Å². The lowest BCUT2D eigenvalue weighted by Gasteiger charge is -2.18. The molecule has 0 fully saturated rings. The lowest BCUT2D eigenvalue weighted by Crippen LogP contribution is -2.25. The Labute approximate surface area is 138 Å². The molecule has 3 N–H and O–H groups in total. The van der Waals surface area contributed by atoms with E-state index in [1.54, 1.807) is 6.07 Å². The molecule has 23 heavy (non-hydrogen) atoms. The van der Waals surface area contributed by atoms with Gasteiger partial charge in [-0.05, 0) is 25.0 Å². The van der Waals surface area contributed by atoms with Gasteiger partial charge in [0.1, 0.15) is 13.2 Å². The van der Waals surface area contributed by atoms with Crippen LogP contribution in [0.15, 0.2) is 28.5 Å². The Bertz CT molecular complexity index is 789. The highest BCUT2D eigenvalue weighted by Gasteiger charge is 2.18. The fraction of sp³-hybridized carbons (Fsp3) is 0.357. The van der Waals surface area contributed by atoms with Crippen LogP contribution in [0.2, 0.25) is 0 Å². The number of benzene rings is 1. The molecule has 1 aromatic heterocycles. The quantitative estimate of drug-likeness (QED) is 0.759. The molecule has 0 radical (unpaired) electrons. The maximum Gasteiger partial charge on any atom is 0.240 e. The number of nitrogens with zero attached hydrogens (tertiary/aromatic N) is 1. The molecule has 9 heteroatoms. The minimum absolute atomic E-state index is 0.166. The number of sulfonamides is 1. The summed E-state index contributed by atoms with van der Waals surface area (Å²) in [6.07, 6.45) is 1.32. The topological polar surface area (TPSA) is 104 Å². The molecule has 1 aromatic carbocycles. The van der Waals surface area contributed by atoms with Crippen molar-refractivity contribution in [1.29, 1.82) is 0 Å². The van der Waals surface area contributed by atoms with Gasteiger partial charge in [0.2, 0.25) is 10.0 Å². The number of aromatic nitrogens is 1. The SMILES string of the molecule is Nc1nc(CCCNS(=O)(=O)c2ccc3c(c2)OCCO3)cs1. The minimum atomic E-state index is -3.57. The first kappa shape index (κ1) is 16.0. The molecule has 0 atom stereocenters. The number of aryl methyl sites for hydroxylation is 1. The van der Waals surface area contributed by atoms with Gasteiger partial charge < -0.3 is 15.2 Å². The van der Waals surface area contributed by atoms with E-state index < -0.39 is 10.0 Å². The number of rotatable bonds is 6. The highest BCUT2D eigenvalue weighted by Crippen LogP contribution is 2.32. The van der Waals surface area contributed by atoms with Crippen LogP contribution in [0.5, 0.6) is 11.5 Å². The molecule has 0 saturated carbocycles. The second-order valence-electron chi connectivity index (χ2n) is 4.98. The zero-order chi connectivity index (χ0) is 16.3. The number of nitrogens with two attached hydrogens (primary N) is 1. The van der Waals surface area contributed by atoms with Crippen LogP contribution in [0.1, 0.15) is 12.1 Å². The average molecular weight is 355 g/mol. The average Bonchev–Trinajstić information content (AvgIpc) is 2.96. The summed E-state index contributed by atoms with van der Waals surface area (Å²) in [5.74, 6) is 1.02. The van der Waals surface area contributed by atoms with E-state index in [1.807, 2.05) is 5.38 Å². The van der Waals surface area contributed by atoms with E-state index in [0.29, 0.717) is 49.2 Å². The molecule has 3 rings (SSSR count). The van der Waals surface area contributed by atoms with Crippen molar-refractivity contribution in [3.8, 4) is 11.5 Å². The molecule has 0 aliphatic carbocycles. The molecule has 124 valence electrons. The number of nitrogens with one attached hydrogen (secondary N) is 1. The number of hydrogen-bond donors (Lipinski definition) is 2. The van der Waals surface area contributed by atoms with E-state index in [-0.39, 0.29) is 4.90 Å². The predicted molar refractivity (Wildman–Crippen MR) is 87.5 cm³/mol. The Morgan fingerprint density at radius 2 is 2.04 bits per heavy atom. The van der Waals surface area contributed by atoms with Crippen LogP contribution in [0, 0.1) is 0 Å². The molecule has 0 spiro atoms. The molecule has 0 saturated heterocycles. The van der Waals surface area contributed by atoms with Crippen LogP contribution in [-0.2, 0) is 16.4 Å². The number of thiazole rings is 1. The summed E-state index contributed by atoms with van der Waals surface area (Å²) in [6.45, 7) is 1.22. The summed E-state index contributed by atoms with van der Waals surface area (Å²) in [7, 11) is -3.57. The van der Waals surface area contributed by atoms with E-state index in [0.717, 1.165) is 5.69 Å². The Balaban J connectivity index is 1.58. The van der Waals surface area contributed by atoms with E-state index >= 15 is 0 Å². The summed E-state index contributed by atoms with van der Waals surface area (Å²) in [5.41, 5.74) is 6.44. The monoisotopic (exact) mass is 355 g/mol. The van der Waals surface area contributed by atoms with E-state index in [1.165, 1.54) is 23.5 Å². The first-order chi connectivity index (χ1) is 11.0. The smallest absolute Gasteiger partial charge is 0.240 e. The van der Waals surface area contributed by atoms with Gasteiger partial charge in [-0.15, -0.1) is 11.3 Å². The third-order valence-corrected chi connectivity index (χ3v) is 5.48. The zero-order valence-corrected chi connectivity index (χ0v) is 14.0. The van der Waals surface area contributed by atoms with Gasteiger partial charge in [-0.25, -0.2) is 18.1 Å². The molecule has 0 unspecified atom stereocenters. The number of nitrogen functional groups attached to an aromatic ring is 1. The maximum absolute atomic E-state index is 12.3. The molecule has 7 nitrogen and oxygen atoms in total. The van der Waals surface area contributed by atoms with Gasteiger partial charge >= 0.3 is 0 Å². The summed E-state index contributed by atoms with van der Waals surface area (Å²) >= 11 is 1.38. The second-order valence-corrected chi connectivity index (χ2v) is 7.64. The van der Waals surface area contributed by atoms with Crippen molar-refractivity contribution >= 4 is 26.5 Å². The molecular formula is C14H17N3O4S2. The fourth-order valence-electron chi connectivity index (χ4n) is 2.19. The molecular weight excluding hydrogens is 338 g/mol. The summed E-state index contributed by atoms with van der Waals surface area (Å²) in [6, 6.07) is 4.61. The molecule has 1 aliphatic heterocycles. The van der Waals surface area contributed by atoms with Gasteiger partial charge in [-0.3, -0.25) is 0 Å². The molecule has 2 heterocycles. The van der Waals surface area contributed by atoms with Crippen LogP contribution in [-0.4, -0.2) is 33.2 Å². The fourth-order valence-corrected chi connectivity index (χ4v) is 3.87. The zero-order valence-electron chi connectivity index (χ0n) is 12.3. The minimum Gasteiger partial charge on any atom is -0.486 e. The van der Waals surface area contributed by atoms with Crippen molar-refractivity contribution in [1.82, 2.24) is 9.71 Å². The predicted octanol–water partition coefficient (Wildman–Crippen LogP) is 1.41. The van der Waals surface area contributed by atoms with Crippen molar-refractivity contribution in [2.45, 2.75) is 17.7 Å². The molecule has 2 aromatic rings. The number of fused-ring (bicyclic) bond motifs is 1. The summed E-state index contributed by atoms with van der Waals surface area (Å²) in [5, 5.41) is 2.40. The van der Waals surface area contributed by atoms with Crippen molar-refractivity contribution in [2.24, 2.45) is 0 Å². The third kappa shape index (κ3) is 3.92. The Morgan fingerprint density at radius 3 is 2.78 bits per heavy atom. The van der Waals surface area contributed by atoms with Crippen LogP contribution in [0.3, 0.4) is 0 Å². The van der Waals surface area contributed by atoms with Gasteiger partial charge in [-0.2, -0.15) is 0 Å². The Hall–Kier alpha value is -1.84. The largest absolute Gasteiger partial charge is 0.486 e. The van der Waals surface area contributed by atoms with Gasteiger partial charge in [0, 0.05) is 18.0 Å². The lowest BCUT2D eigenvalue weighted by atomic mass is 10.2. The molecule has 0 bridgehead atoms. The van der Waals surface area contributed by atoms with Crippen molar-refractivity contribution in [2.75, 3.05) is 25.5 Å². The highest BCUT2D eigenvalue weighted by atomic mass is 32.2. The maximum atomic E-state index is 12.3. The van der Waals surface area contributed by atoms with E-state index in [9.17, 15) is 8.42 Å². The lowest BCUT2D eigenvalue weighted by molar-refractivity contribution is 0.171. The van der Waals surface area contributed by atoms with Gasteiger partial charge in [0.15, 0.2) is 16.6 Å². The van der Waals surface area contributed by atoms with E-state index in [4.69, 9.17) is 15.2 Å². The first-order valence-corrected chi connectivity index (χ1v) is 9.50. The van der Waals surface area contributed by atoms with Crippen LogP contribution < -0.4 is 19.9 Å². The van der Waals surface area contributed by atoms with Gasteiger partial charge in [0.05, 0.1) is 10.6 Å². The summed E-state index contributed by atoms with van der Waals surface area (Å²) in [4.78, 5) is 4.31. The molecule has 1 aliphatic rings. The number of ether oxygens (including phenoxy) is 2. The van der Waals surface area contributed by atoms with Crippen LogP contribution in [0.4, 0.5) is 5.13 Å². The summed E-state index contributed by atoms with van der Waals surface area (Å²) < 4.78 is 38.0. The Kier molecular flexibility index (Phi) is 4.69. The van der Waals surface area contributed by atoms with Gasteiger partial charge in [-0.1, -0.05) is 0 Å². The van der Waals surface area contributed by atoms with Gasteiger partial charge in [0.25, 0.3) is 0 Å². The first-order valence-electron chi connectivity index (χ1n) is 7.14. The van der Waals surface area contributed by atoms with Crippen LogP contribution in [0.25, 0.3) is 0 Å². The Morgan fingerprint density at radius 1 is 1.26 bits per heavy atom. The molecule has 0 amide bonds. The van der Waals surface area contributed by atoms with E-state index in [2.05, 4.69) is 9.71 Å². The van der Waals surface area contributed by atoms with Crippen molar-refractivity contribution in [3.63, 3.8) is 0 Å². The normalized spacial score (nSPS) is 13.9. The van der Waals surface area contributed by atoms with Crippen LogP contribution >= 0.6 is 11.3 Å².